The SMILES string of the molecule is CC1(C)c2cccc(n2)-c2[c-]c(c(F)c(-c3ccccc3)c2F)[Si](C)(C)c2[c-]c(c(F)c(-c3ccccc3)c2F)-c2cccc1n2.[Pt+2]. The Morgan fingerprint density at radius 1 is 0.532 bits per heavy atom. The second kappa shape index (κ2) is 12.1. The Morgan fingerprint density at radius 2 is 0.915 bits per heavy atom. The van der Waals surface area contributed by atoms with E-state index in [1.807, 2.05) is 26.0 Å². The van der Waals surface area contributed by atoms with Crippen LogP contribution in [-0.2, 0) is 26.5 Å². The maximum Gasteiger partial charge on any atom is 2.00 e. The topological polar surface area (TPSA) is 25.8 Å². The third kappa shape index (κ3) is 5.30. The molecule has 47 heavy (non-hydrogen) atoms. The molecule has 0 aliphatic carbocycles. The van der Waals surface area contributed by atoms with Crippen LogP contribution >= 0.6 is 0 Å². The van der Waals surface area contributed by atoms with Crippen molar-refractivity contribution >= 4 is 18.4 Å². The first-order valence-corrected chi connectivity index (χ1v) is 18.0. The van der Waals surface area contributed by atoms with Crippen molar-refractivity contribution in [3.63, 3.8) is 0 Å². The molecule has 236 valence electrons. The minimum absolute atomic E-state index is 0. The number of nitrogens with zero attached hydrogens (tertiary/aromatic N) is 2. The van der Waals surface area contributed by atoms with Crippen molar-refractivity contribution in [1.82, 2.24) is 9.97 Å². The van der Waals surface area contributed by atoms with Crippen LogP contribution in [0.25, 0.3) is 44.8 Å². The number of benzene rings is 4. The van der Waals surface area contributed by atoms with Crippen LogP contribution < -0.4 is 10.4 Å². The van der Waals surface area contributed by atoms with Gasteiger partial charge in [-0.3, -0.25) is 17.6 Å². The maximum absolute atomic E-state index is 16.9. The van der Waals surface area contributed by atoms with Gasteiger partial charge in [-0.2, -0.15) is 0 Å². The van der Waals surface area contributed by atoms with Gasteiger partial charge in [0.2, 0.25) is 0 Å². The summed E-state index contributed by atoms with van der Waals surface area (Å²) in [5.74, 6) is -3.32. The van der Waals surface area contributed by atoms with Crippen LogP contribution in [0.1, 0.15) is 25.2 Å². The van der Waals surface area contributed by atoms with E-state index >= 15 is 17.6 Å². The zero-order valence-electron chi connectivity index (χ0n) is 26.0. The molecule has 0 amide bonds. The van der Waals surface area contributed by atoms with Gasteiger partial charge in [-0.25, -0.2) is 0 Å². The molecule has 3 heterocycles. The molecule has 0 unspecified atom stereocenters. The molecule has 6 aromatic rings. The summed E-state index contributed by atoms with van der Waals surface area (Å²) in [5.41, 5.74) is 0.957. The fourth-order valence-corrected chi connectivity index (χ4v) is 8.67. The quantitative estimate of drug-likeness (QED) is 0.0993. The Hall–Kier alpha value is -4.19. The summed E-state index contributed by atoms with van der Waals surface area (Å²) in [5, 5.41) is 0.0550. The average molecular weight is 824 g/mol. The number of halogens is 4. The van der Waals surface area contributed by atoms with Crippen LogP contribution in [0.5, 0.6) is 0 Å². The van der Waals surface area contributed by atoms with Gasteiger partial charge in [-0.1, -0.05) is 109 Å². The normalized spacial score (nSPS) is 14.1. The minimum Gasteiger partial charge on any atom is -0.300 e. The van der Waals surface area contributed by atoms with Crippen molar-refractivity contribution in [2.45, 2.75) is 32.4 Å². The van der Waals surface area contributed by atoms with Crippen LogP contribution in [0.3, 0.4) is 0 Å². The zero-order chi connectivity index (χ0) is 32.4. The Balaban J connectivity index is 0.00000386. The van der Waals surface area contributed by atoms with E-state index in [0.29, 0.717) is 22.5 Å². The van der Waals surface area contributed by atoms with Gasteiger partial charge in [-0.15, -0.1) is 22.5 Å². The fraction of sp³-hybridized carbons (Fsp3) is 0.128. The monoisotopic (exact) mass is 823 g/mol. The summed E-state index contributed by atoms with van der Waals surface area (Å²) < 4.78 is 67.0. The third-order valence-corrected chi connectivity index (χ3v) is 12.1. The van der Waals surface area contributed by atoms with E-state index in [-0.39, 0.29) is 65.1 Å². The average Bonchev–Trinajstić information content (AvgIpc) is 3.05. The Morgan fingerprint density at radius 3 is 1.30 bits per heavy atom. The van der Waals surface area contributed by atoms with Crippen LogP contribution in [0.4, 0.5) is 17.6 Å². The molecular formula is C39H28F4N2PtSi. The standard InChI is InChI=1S/C39H28F4N2Si.Pt/c1-39(2)31-19-11-17-27(44-31)25-21-29(37(42)33(35(25)40)23-13-7-5-8-14-23)46(3,4)30-22-26(28-18-12-20-32(39)45-28)36(41)34(38(30)43)24-15-9-6-10-16-24;/h5-20H,1-4H3;/q-2;+2. The van der Waals surface area contributed by atoms with Crippen molar-refractivity contribution in [1.29, 1.82) is 0 Å². The zero-order valence-corrected chi connectivity index (χ0v) is 29.2. The molecule has 0 spiro atoms. The fourth-order valence-electron chi connectivity index (χ4n) is 6.19. The molecule has 4 aromatic carbocycles. The predicted molar refractivity (Wildman–Crippen MR) is 177 cm³/mol. The van der Waals surface area contributed by atoms with Gasteiger partial charge in [0, 0.05) is 40.1 Å². The van der Waals surface area contributed by atoms with Crippen LogP contribution in [0.2, 0.25) is 13.1 Å². The van der Waals surface area contributed by atoms with Gasteiger partial charge in [0.15, 0.2) is 0 Å². The van der Waals surface area contributed by atoms with Gasteiger partial charge in [0.05, 0.1) is 8.07 Å². The second-order valence-corrected chi connectivity index (χ2v) is 16.8. The Bertz CT molecular complexity index is 2000. The number of hydrogen-bond donors (Lipinski definition) is 0. The van der Waals surface area contributed by atoms with E-state index in [0.717, 1.165) is 0 Å². The number of aromatic nitrogens is 2. The van der Waals surface area contributed by atoms with E-state index < -0.39 is 36.8 Å². The first kappa shape index (κ1) is 32.7. The molecule has 8 heteroatoms. The molecule has 8 bridgehead atoms. The van der Waals surface area contributed by atoms with Crippen LogP contribution in [0.15, 0.2) is 97.1 Å². The summed E-state index contributed by atoms with van der Waals surface area (Å²) in [6.45, 7) is 7.33. The smallest absolute Gasteiger partial charge is 0.300 e. The predicted octanol–water partition coefficient (Wildman–Crippen LogP) is 8.76. The summed E-state index contributed by atoms with van der Waals surface area (Å²) >= 11 is 0. The van der Waals surface area contributed by atoms with Crippen LogP contribution in [-0.4, -0.2) is 18.0 Å². The Labute approximate surface area is 286 Å². The minimum atomic E-state index is -3.52. The molecule has 0 atom stereocenters. The molecule has 0 radical (unpaired) electrons. The maximum atomic E-state index is 16.9. The van der Waals surface area contributed by atoms with Crippen molar-refractivity contribution < 1.29 is 38.6 Å². The number of pyridine rings is 2. The van der Waals surface area contributed by atoms with Gasteiger partial charge < -0.3 is 9.97 Å². The first-order chi connectivity index (χ1) is 22.0. The van der Waals surface area contributed by atoms with Gasteiger partial charge in [0.1, 0.15) is 0 Å². The molecular weight excluding hydrogens is 796 g/mol. The number of rotatable bonds is 2. The van der Waals surface area contributed by atoms with Gasteiger partial charge in [-0.05, 0) is 59.6 Å². The molecule has 0 saturated heterocycles. The molecule has 0 fully saturated rings. The first-order valence-electron chi connectivity index (χ1n) is 15.0. The molecule has 7 rings (SSSR count). The van der Waals surface area contributed by atoms with Crippen molar-refractivity contribution in [3.8, 4) is 44.8 Å². The number of hydrogen-bond acceptors (Lipinski definition) is 2. The van der Waals surface area contributed by atoms with Crippen molar-refractivity contribution in [3.05, 3.63) is 144 Å². The van der Waals surface area contributed by atoms with E-state index in [1.165, 1.54) is 0 Å². The summed E-state index contributed by atoms with van der Waals surface area (Å²) in [7, 11) is -3.52. The molecule has 1 aliphatic heterocycles. The van der Waals surface area contributed by atoms with Gasteiger partial charge in [0.25, 0.3) is 0 Å². The van der Waals surface area contributed by atoms with Crippen molar-refractivity contribution in [2.75, 3.05) is 0 Å². The molecule has 2 aromatic heterocycles. The Kier molecular flexibility index (Phi) is 8.44. The summed E-state index contributed by atoms with van der Waals surface area (Å²) in [6.07, 6.45) is 0. The van der Waals surface area contributed by atoms with Crippen molar-refractivity contribution in [2.24, 2.45) is 0 Å². The van der Waals surface area contributed by atoms with E-state index in [1.54, 1.807) is 98.0 Å². The van der Waals surface area contributed by atoms with Gasteiger partial charge >= 0.3 is 21.1 Å². The molecule has 2 nitrogen and oxygen atoms in total. The van der Waals surface area contributed by atoms with Crippen LogP contribution in [0, 0.1) is 35.4 Å². The molecule has 0 saturated carbocycles. The van der Waals surface area contributed by atoms with E-state index in [2.05, 4.69) is 12.1 Å². The second-order valence-electron chi connectivity index (χ2n) is 12.6. The molecule has 0 N–H and O–H groups in total. The summed E-state index contributed by atoms with van der Waals surface area (Å²) in [4.78, 5) is 9.71. The summed E-state index contributed by atoms with van der Waals surface area (Å²) in [6, 6.07) is 33.4. The molecule has 1 aliphatic rings. The van der Waals surface area contributed by atoms with E-state index in [9.17, 15) is 0 Å². The largest absolute Gasteiger partial charge is 2.00 e. The van der Waals surface area contributed by atoms with E-state index in [4.69, 9.17) is 9.97 Å². The third-order valence-electron chi connectivity index (χ3n) is 8.92. The number of fused-ring (bicyclic) bond motifs is 10.